The maximum atomic E-state index is 17.3. The quantitative estimate of drug-likeness (QED) is 0.367. The molecule has 0 saturated carbocycles. The maximum absolute atomic E-state index is 17.3. The number of ether oxygens (including phenoxy) is 1. The van der Waals surface area contributed by atoms with Gasteiger partial charge in [0.15, 0.2) is 0 Å². The van der Waals surface area contributed by atoms with Crippen LogP contribution in [0.3, 0.4) is 0 Å². The van der Waals surface area contributed by atoms with E-state index in [0.29, 0.717) is 54.9 Å². The van der Waals surface area contributed by atoms with E-state index in [9.17, 15) is 32.7 Å². The van der Waals surface area contributed by atoms with Crippen molar-refractivity contribution in [2.75, 3.05) is 57.8 Å². The molecule has 8 nitrogen and oxygen atoms in total. The molecule has 3 fully saturated rings. The monoisotopic (exact) mass is 647 g/mol. The number of benzene rings is 2. The molecule has 2 aromatic rings. The van der Waals surface area contributed by atoms with Crippen LogP contribution in [0.25, 0.3) is 0 Å². The van der Waals surface area contributed by atoms with E-state index in [-0.39, 0.29) is 50.3 Å². The van der Waals surface area contributed by atoms with Gasteiger partial charge in [-0.15, -0.1) is 0 Å². The second kappa shape index (κ2) is 13.2. The number of carboxylic acids is 1. The van der Waals surface area contributed by atoms with Crippen LogP contribution in [0.1, 0.15) is 61.6 Å². The molecule has 0 aromatic heterocycles. The Hall–Kier alpha value is -3.67. The van der Waals surface area contributed by atoms with Crippen LogP contribution in [0.4, 0.5) is 23.2 Å². The first kappa shape index (κ1) is 33.7. The van der Waals surface area contributed by atoms with Crippen molar-refractivity contribution < 1.29 is 41.8 Å². The number of ketones is 1. The fourth-order valence-corrected chi connectivity index (χ4v) is 7.50. The van der Waals surface area contributed by atoms with Crippen LogP contribution in [0.15, 0.2) is 42.5 Å². The molecular weight excluding hydrogens is 606 g/mol. The third kappa shape index (κ3) is 6.72. The summed E-state index contributed by atoms with van der Waals surface area (Å²) in [6, 6.07) is 10.5. The number of methoxy groups -OCH3 is 1. The SMILES string of the molecule is CC[C@H]1CN(C(=O)[C@]2(F)CN(CC(C)=O)C[C@H]2c2ccc(OC)cc2)C[C@@H]1c1ccc(C(F)(F)F)cc1N1CCC(C(=O)O)CC1. The van der Waals surface area contributed by atoms with Crippen molar-refractivity contribution in [1.82, 2.24) is 9.80 Å². The molecule has 0 radical (unpaired) electrons. The molecule has 5 rings (SSSR count). The van der Waals surface area contributed by atoms with E-state index in [4.69, 9.17) is 4.74 Å². The number of alkyl halides is 4. The van der Waals surface area contributed by atoms with Gasteiger partial charge in [-0.3, -0.25) is 19.3 Å². The van der Waals surface area contributed by atoms with Gasteiger partial charge in [0.25, 0.3) is 5.91 Å². The molecule has 2 aromatic carbocycles. The van der Waals surface area contributed by atoms with Crippen molar-refractivity contribution in [3.8, 4) is 5.75 Å². The van der Waals surface area contributed by atoms with Crippen LogP contribution in [0.5, 0.6) is 5.75 Å². The van der Waals surface area contributed by atoms with Crippen molar-refractivity contribution in [3.63, 3.8) is 0 Å². The molecular formula is C34H41F4N3O5. The molecule has 3 aliphatic rings. The lowest BCUT2D eigenvalue weighted by atomic mass is 9.84. The summed E-state index contributed by atoms with van der Waals surface area (Å²) in [5, 5.41) is 9.45. The lowest BCUT2D eigenvalue weighted by Gasteiger charge is -2.35. The van der Waals surface area contributed by atoms with Crippen molar-refractivity contribution in [2.24, 2.45) is 11.8 Å². The van der Waals surface area contributed by atoms with Gasteiger partial charge >= 0.3 is 12.1 Å². The van der Waals surface area contributed by atoms with E-state index >= 15 is 4.39 Å². The van der Waals surface area contributed by atoms with E-state index in [1.807, 2.05) is 11.8 Å². The maximum Gasteiger partial charge on any atom is 0.416 e. The minimum atomic E-state index is -4.57. The number of halogens is 4. The zero-order valence-corrected chi connectivity index (χ0v) is 26.4. The molecule has 0 unspecified atom stereocenters. The average Bonchev–Trinajstić information content (AvgIpc) is 3.61. The van der Waals surface area contributed by atoms with Crippen LogP contribution < -0.4 is 9.64 Å². The van der Waals surface area contributed by atoms with Gasteiger partial charge in [-0.25, -0.2) is 4.39 Å². The van der Waals surface area contributed by atoms with E-state index in [1.165, 1.54) is 25.0 Å². The zero-order chi connectivity index (χ0) is 33.4. The van der Waals surface area contributed by atoms with Crippen LogP contribution >= 0.6 is 0 Å². The Morgan fingerprint density at radius 2 is 1.70 bits per heavy atom. The van der Waals surface area contributed by atoms with Gasteiger partial charge in [0.1, 0.15) is 11.5 Å². The number of carbonyl (C=O) groups is 3. The number of likely N-dealkylation sites (tertiary alicyclic amines) is 2. The Morgan fingerprint density at radius 1 is 1.02 bits per heavy atom. The Balaban J connectivity index is 1.45. The van der Waals surface area contributed by atoms with Crippen LogP contribution in [0.2, 0.25) is 0 Å². The summed E-state index contributed by atoms with van der Waals surface area (Å²) in [5.41, 5.74) is -1.48. The second-order valence-corrected chi connectivity index (χ2v) is 12.9. The highest BCUT2D eigenvalue weighted by Gasteiger charge is 2.56. The number of piperidine rings is 1. The minimum Gasteiger partial charge on any atom is -0.497 e. The summed E-state index contributed by atoms with van der Waals surface area (Å²) >= 11 is 0. The van der Waals surface area contributed by atoms with Gasteiger partial charge in [-0.2, -0.15) is 13.2 Å². The van der Waals surface area contributed by atoms with E-state index in [2.05, 4.69) is 0 Å². The standard InChI is InChI=1S/C34H41F4N3O5/c1-4-22-17-41(32(45)33(35)20-39(16-21(2)42)19-29(33)23-5-8-26(46-3)9-6-23)18-28(22)27-10-7-25(34(36,37)38)15-30(27)40-13-11-24(12-14-40)31(43)44/h5-10,15,22,24,28-29H,4,11-14,16-20H2,1-3H3,(H,43,44)/t22-,28-,29-,33-/m0/s1. The Bertz CT molecular complexity index is 1440. The molecule has 0 spiro atoms. The summed E-state index contributed by atoms with van der Waals surface area (Å²) < 4.78 is 64.0. The summed E-state index contributed by atoms with van der Waals surface area (Å²) in [4.78, 5) is 42.7. The van der Waals surface area contributed by atoms with E-state index in [0.717, 1.165) is 12.1 Å². The molecule has 0 aliphatic carbocycles. The topological polar surface area (TPSA) is 90.4 Å². The number of Topliss-reactive ketones (excluding diaryl/α,β-unsaturated/α-hetero) is 1. The molecule has 3 aliphatic heterocycles. The molecule has 3 heterocycles. The van der Waals surface area contributed by atoms with Gasteiger partial charge in [0, 0.05) is 56.8 Å². The van der Waals surface area contributed by atoms with Gasteiger partial charge < -0.3 is 19.6 Å². The van der Waals surface area contributed by atoms with Crippen molar-refractivity contribution >= 4 is 23.3 Å². The van der Waals surface area contributed by atoms with Gasteiger partial charge in [-0.1, -0.05) is 31.5 Å². The van der Waals surface area contributed by atoms with Crippen molar-refractivity contribution in [3.05, 3.63) is 59.2 Å². The lowest BCUT2D eigenvalue weighted by Crippen LogP contribution is -2.50. The molecule has 0 bridgehead atoms. The smallest absolute Gasteiger partial charge is 0.416 e. The third-order valence-corrected chi connectivity index (χ3v) is 9.96. The lowest BCUT2D eigenvalue weighted by molar-refractivity contribution is -0.143. The summed E-state index contributed by atoms with van der Waals surface area (Å²) in [6.45, 7) is 4.28. The number of hydrogen-bond acceptors (Lipinski definition) is 6. The molecule has 4 atom stereocenters. The first-order valence-electron chi connectivity index (χ1n) is 15.8. The number of rotatable bonds is 9. The summed E-state index contributed by atoms with van der Waals surface area (Å²) in [7, 11) is 1.52. The minimum absolute atomic E-state index is 0.0132. The highest BCUT2D eigenvalue weighted by molar-refractivity contribution is 5.88. The molecule has 12 heteroatoms. The van der Waals surface area contributed by atoms with Gasteiger partial charge in [0.05, 0.1) is 25.1 Å². The van der Waals surface area contributed by atoms with E-state index in [1.54, 1.807) is 29.2 Å². The number of hydrogen-bond donors (Lipinski definition) is 1. The van der Waals surface area contributed by atoms with E-state index < -0.39 is 41.1 Å². The summed E-state index contributed by atoms with van der Waals surface area (Å²) in [6.07, 6.45) is -3.33. The van der Waals surface area contributed by atoms with Crippen molar-refractivity contribution in [1.29, 1.82) is 0 Å². The highest BCUT2D eigenvalue weighted by Crippen LogP contribution is 2.46. The largest absolute Gasteiger partial charge is 0.497 e. The molecule has 1 N–H and O–H groups in total. The van der Waals surface area contributed by atoms with Crippen molar-refractivity contribution in [2.45, 2.75) is 56.8 Å². The normalized spacial score (nSPS) is 26.0. The first-order chi connectivity index (χ1) is 21.7. The molecule has 250 valence electrons. The van der Waals surface area contributed by atoms with Crippen LogP contribution in [-0.2, 0) is 20.6 Å². The third-order valence-electron chi connectivity index (χ3n) is 9.96. The van der Waals surface area contributed by atoms with Gasteiger partial charge in [0.2, 0.25) is 5.67 Å². The van der Waals surface area contributed by atoms with Gasteiger partial charge in [-0.05, 0) is 61.1 Å². The predicted octanol–water partition coefficient (Wildman–Crippen LogP) is 5.36. The fraction of sp³-hybridized carbons (Fsp3) is 0.559. The molecule has 1 amide bonds. The number of amides is 1. The summed E-state index contributed by atoms with van der Waals surface area (Å²) in [5.74, 6) is -3.01. The Morgan fingerprint density at radius 3 is 2.26 bits per heavy atom. The number of anilines is 1. The number of nitrogens with zero attached hydrogens (tertiary/aromatic N) is 3. The number of carboxylic acid groups (broad SMARTS) is 1. The molecule has 46 heavy (non-hydrogen) atoms. The first-order valence-corrected chi connectivity index (χ1v) is 15.8. The molecule has 3 saturated heterocycles. The predicted molar refractivity (Wildman–Crippen MR) is 164 cm³/mol. The highest BCUT2D eigenvalue weighted by atomic mass is 19.4. The Labute approximate surface area is 266 Å². The fourth-order valence-electron chi connectivity index (χ4n) is 7.50. The zero-order valence-electron chi connectivity index (χ0n) is 26.4. The number of aliphatic carboxylic acids is 1. The average molecular weight is 648 g/mol. The van der Waals surface area contributed by atoms with Crippen LogP contribution in [-0.4, -0.2) is 91.2 Å². The second-order valence-electron chi connectivity index (χ2n) is 12.9. The van der Waals surface area contributed by atoms with Crippen LogP contribution in [0, 0.1) is 11.8 Å². The number of carbonyl (C=O) groups excluding carboxylic acids is 2. The Kier molecular flexibility index (Phi) is 9.68.